The van der Waals surface area contributed by atoms with E-state index in [4.69, 9.17) is 9.62 Å². The van der Waals surface area contributed by atoms with Crippen LogP contribution in [0.3, 0.4) is 0 Å². The molecule has 4 rings (SSSR count). The van der Waals surface area contributed by atoms with Crippen LogP contribution >= 0.6 is 0 Å². The fraction of sp³-hybridized carbons (Fsp3) is 0.652. The van der Waals surface area contributed by atoms with E-state index in [1.54, 1.807) is 7.05 Å². The molecule has 2 aliphatic rings. The number of amides is 2. The van der Waals surface area contributed by atoms with Crippen LogP contribution in [0.4, 0.5) is 0 Å². The summed E-state index contributed by atoms with van der Waals surface area (Å²) in [4.78, 5) is 28.4. The first-order valence-electron chi connectivity index (χ1n) is 11.4. The molecule has 0 spiro atoms. The van der Waals surface area contributed by atoms with E-state index in [2.05, 4.69) is 24.3 Å². The molecule has 0 aromatic carbocycles. The number of likely N-dealkylation sites (tertiary alicyclic amines) is 1. The molecule has 2 amide bonds. The Kier molecular flexibility index (Phi) is 5.90. The summed E-state index contributed by atoms with van der Waals surface area (Å²) in [5.41, 5.74) is 3.05. The Morgan fingerprint density at radius 2 is 2.06 bits per heavy atom. The molecule has 8 heteroatoms. The molecule has 1 aliphatic carbocycles. The molecule has 0 bridgehead atoms. The first kappa shape index (κ1) is 21.6. The Labute approximate surface area is 183 Å². The largest absolute Gasteiger partial charge is 0.361 e. The van der Waals surface area contributed by atoms with Crippen LogP contribution in [0, 0.1) is 5.41 Å². The molecule has 2 aromatic rings. The molecule has 1 saturated heterocycles. The third-order valence-electron chi connectivity index (χ3n) is 6.76. The highest BCUT2D eigenvalue weighted by Crippen LogP contribution is 2.37. The number of nitrogens with zero attached hydrogens (tertiary/aromatic N) is 4. The van der Waals surface area contributed by atoms with Crippen LogP contribution in [0.15, 0.2) is 10.6 Å². The highest BCUT2D eigenvalue weighted by atomic mass is 16.5. The normalized spacial score (nSPS) is 20.9. The van der Waals surface area contributed by atoms with Gasteiger partial charge in [0.25, 0.3) is 5.91 Å². The topological polar surface area (TPSA) is 93.3 Å². The van der Waals surface area contributed by atoms with Gasteiger partial charge in [0.05, 0.1) is 16.8 Å². The van der Waals surface area contributed by atoms with Crippen molar-refractivity contribution in [2.45, 2.75) is 71.8 Å². The summed E-state index contributed by atoms with van der Waals surface area (Å²) in [6.07, 6.45) is 5.09. The molecule has 168 valence electrons. The van der Waals surface area contributed by atoms with Gasteiger partial charge < -0.3 is 14.7 Å². The third-order valence-corrected chi connectivity index (χ3v) is 6.76. The van der Waals surface area contributed by atoms with Crippen molar-refractivity contribution in [3.05, 3.63) is 34.5 Å². The maximum atomic E-state index is 13.6. The zero-order valence-corrected chi connectivity index (χ0v) is 19.0. The van der Waals surface area contributed by atoms with E-state index in [0.717, 1.165) is 42.6 Å². The lowest BCUT2D eigenvalue weighted by molar-refractivity contribution is -0.130. The Morgan fingerprint density at radius 1 is 1.29 bits per heavy atom. The standard InChI is InChI=1S/C23H33N5O3/c1-5-28-20(17-8-6-7-9-18(17)25-28)21(29)27-11-10-23(14-27,22(30)24-4)13-16-12-19(15(2)3)26-31-16/h12,15H,5-11,13-14H2,1-4H3,(H,24,30)/t23-/m1/s1. The van der Waals surface area contributed by atoms with E-state index in [1.807, 2.05) is 22.6 Å². The summed E-state index contributed by atoms with van der Waals surface area (Å²) >= 11 is 0. The summed E-state index contributed by atoms with van der Waals surface area (Å²) in [7, 11) is 1.65. The molecule has 1 fully saturated rings. The Morgan fingerprint density at radius 3 is 2.74 bits per heavy atom. The lowest BCUT2D eigenvalue weighted by Gasteiger charge is -2.26. The van der Waals surface area contributed by atoms with Crippen LogP contribution < -0.4 is 5.32 Å². The van der Waals surface area contributed by atoms with Gasteiger partial charge in [-0.25, -0.2) is 0 Å². The van der Waals surface area contributed by atoms with Gasteiger partial charge in [0.1, 0.15) is 11.5 Å². The lowest BCUT2D eigenvalue weighted by atomic mass is 9.81. The third kappa shape index (κ3) is 3.88. The molecule has 1 atom stereocenters. The molecule has 8 nitrogen and oxygen atoms in total. The minimum absolute atomic E-state index is 0.0104. The number of carbonyl (C=O) groups excluding carboxylic acids is 2. The summed E-state index contributed by atoms with van der Waals surface area (Å²) < 4.78 is 7.39. The monoisotopic (exact) mass is 427 g/mol. The number of aromatic nitrogens is 3. The predicted molar refractivity (Wildman–Crippen MR) is 116 cm³/mol. The van der Waals surface area contributed by atoms with Crippen LogP contribution in [0.1, 0.15) is 79.2 Å². The Balaban J connectivity index is 1.60. The number of aryl methyl sites for hydroxylation is 2. The number of rotatable bonds is 6. The number of nitrogens with one attached hydrogen (secondary N) is 1. The van der Waals surface area contributed by atoms with Crippen molar-refractivity contribution in [3.63, 3.8) is 0 Å². The maximum Gasteiger partial charge on any atom is 0.272 e. The summed E-state index contributed by atoms with van der Waals surface area (Å²) in [5.74, 6) is 0.883. The highest BCUT2D eigenvalue weighted by Gasteiger charge is 2.47. The number of fused-ring (bicyclic) bond motifs is 1. The van der Waals surface area contributed by atoms with Crippen LogP contribution in [0.25, 0.3) is 0 Å². The molecule has 31 heavy (non-hydrogen) atoms. The van der Waals surface area contributed by atoms with E-state index in [0.29, 0.717) is 43.9 Å². The molecule has 2 aromatic heterocycles. The molecule has 0 radical (unpaired) electrons. The number of carbonyl (C=O) groups is 2. The minimum atomic E-state index is -0.713. The molecule has 3 heterocycles. The Hall–Kier alpha value is -2.64. The minimum Gasteiger partial charge on any atom is -0.361 e. The van der Waals surface area contributed by atoms with Gasteiger partial charge in [-0.15, -0.1) is 0 Å². The van der Waals surface area contributed by atoms with Crippen molar-refractivity contribution in [1.29, 1.82) is 0 Å². The average molecular weight is 428 g/mol. The zero-order chi connectivity index (χ0) is 22.2. The van der Waals surface area contributed by atoms with Gasteiger partial charge in [-0.3, -0.25) is 14.3 Å². The van der Waals surface area contributed by atoms with Crippen molar-refractivity contribution in [2.24, 2.45) is 5.41 Å². The van der Waals surface area contributed by atoms with Crippen LogP contribution in [0.2, 0.25) is 0 Å². The van der Waals surface area contributed by atoms with Crippen molar-refractivity contribution in [1.82, 2.24) is 25.2 Å². The first-order chi connectivity index (χ1) is 14.9. The number of hydrogen-bond donors (Lipinski definition) is 1. The Bertz CT molecular complexity index is 976. The smallest absolute Gasteiger partial charge is 0.272 e. The van der Waals surface area contributed by atoms with Gasteiger partial charge >= 0.3 is 0 Å². The van der Waals surface area contributed by atoms with E-state index in [9.17, 15) is 9.59 Å². The molecular weight excluding hydrogens is 394 g/mol. The molecular formula is C23H33N5O3. The zero-order valence-electron chi connectivity index (χ0n) is 19.0. The molecule has 0 saturated carbocycles. The second-order valence-corrected chi connectivity index (χ2v) is 9.18. The van der Waals surface area contributed by atoms with E-state index >= 15 is 0 Å². The molecule has 0 unspecified atom stereocenters. The maximum absolute atomic E-state index is 13.6. The highest BCUT2D eigenvalue weighted by molar-refractivity contribution is 5.95. The van der Waals surface area contributed by atoms with Crippen LogP contribution in [-0.2, 0) is 30.6 Å². The second kappa shape index (κ2) is 8.48. The van der Waals surface area contributed by atoms with Gasteiger partial charge in [0.15, 0.2) is 0 Å². The fourth-order valence-electron chi connectivity index (χ4n) is 4.96. The van der Waals surface area contributed by atoms with Crippen molar-refractivity contribution >= 4 is 11.8 Å². The second-order valence-electron chi connectivity index (χ2n) is 9.18. The van der Waals surface area contributed by atoms with E-state index < -0.39 is 5.41 Å². The van der Waals surface area contributed by atoms with E-state index in [-0.39, 0.29) is 17.7 Å². The van der Waals surface area contributed by atoms with Crippen LogP contribution in [-0.4, -0.2) is 51.8 Å². The van der Waals surface area contributed by atoms with E-state index in [1.165, 1.54) is 0 Å². The van der Waals surface area contributed by atoms with Gasteiger partial charge in [-0.05, 0) is 44.9 Å². The summed E-state index contributed by atoms with van der Waals surface area (Å²) in [6, 6.07) is 1.93. The fourth-order valence-corrected chi connectivity index (χ4v) is 4.96. The molecule has 1 aliphatic heterocycles. The summed E-state index contributed by atoms with van der Waals surface area (Å²) in [6.45, 7) is 7.71. The van der Waals surface area contributed by atoms with Crippen molar-refractivity contribution in [2.75, 3.05) is 20.1 Å². The molecule has 1 N–H and O–H groups in total. The number of hydrogen-bond acceptors (Lipinski definition) is 5. The quantitative estimate of drug-likeness (QED) is 0.765. The SMILES string of the molecule is CCn1nc2c(c1C(=O)N1CC[C@](Cc3cc(C(C)C)no3)(C(=O)NC)C1)CCCC2. The van der Waals surface area contributed by atoms with Gasteiger partial charge in [-0.2, -0.15) is 5.10 Å². The summed E-state index contributed by atoms with van der Waals surface area (Å²) in [5, 5.41) is 11.7. The van der Waals surface area contributed by atoms with Crippen LogP contribution in [0.5, 0.6) is 0 Å². The van der Waals surface area contributed by atoms with Gasteiger partial charge in [0, 0.05) is 44.7 Å². The lowest BCUT2D eigenvalue weighted by Crippen LogP contribution is -2.44. The predicted octanol–water partition coefficient (Wildman–Crippen LogP) is 2.71. The van der Waals surface area contributed by atoms with Gasteiger partial charge in [-0.1, -0.05) is 19.0 Å². The van der Waals surface area contributed by atoms with Crippen molar-refractivity contribution in [3.8, 4) is 0 Å². The average Bonchev–Trinajstić information content (AvgIpc) is 3.50. The van der Waals surface area contributed by atoms with Crippen molar-refractivity contribution < 1.29 is 14.1 Å². The first-order valence-corrected chi connectivity index (χ1v) is 11.4. The van der Waals surface area contributed by atoms with Gasteiger partial charge in [0.2, 0.25) is 5.91 Å².